The molecule has 0 saturated carbocycles. The molecule has 0 aliphatic carbocycles. The highest BCUT2D eigenvalue weighted by Crippen LogP contribution is 2.20. The number of nitrogens with one attached hydrogen (secondary N) is 1. The van der Waals surface area contributed by atoms with Crippen molar-refractivity contribution in [3.8, 4) is 0 Å². The van der Waals surface area contributed by atoms with Gasteiger partial charge in [0.1, 0.15) is 0 Å². The largest absolute Gasteiger partial charge is 0.363 e. The summed E-state index contributed by atoms with van der Waals surface area (Å²) in [5.41, 5.74) is 10.6. The maximum atomic E-state index is 10.8. The van der Waals surface area contributed by atoms with Gasteiger partial charge in [0.15, 0.2) is 0 Å². The number of carbonyl (C=O) groups excluding carboxylic acids is 1. The molecule has 1 atom stereocenters. The summed E-state index contributed by atoms with van der Waals surface area (Å²) in [5.74, 6) is -0.0159. The number of rotatable bonds is 2. The number of primary amides is 1. The Hall–Kier alpha value is -1.63. The van der Waals surface area contributed by atoms with E-state index in [0.29, 0.717) is 12.5 Å². The molecule has 0 bridgehead atoms. The summed E-state index contributed by atoms with van der Waals surface area (Å²) in [4.78, 5) is 14.8. The van der Waals surface area contributed by atoms with E-state index >= 15 is 0 Å². The average Bonchev–Trinajstić information content (AvgIpc) is 2.60. The van der Waals surface area contributed by atoms with Crippen molar-refractivity contribution in [3.05, 3.63) is 5.82 Å². The van der Waals surface area contributed by atoms with Crippen LogP contribution in [0.3, 0.4) is 0 Å². The van der Waals surface area contributed by atoms with E-state index in [1.54, 1.807) is 4.68 Å². The summed E-state index contributed by atoms with van der Waals surface area (Å²) in [6.07, 6.45) is 0.880. The molecular formula is C7H12N6O. The third-order valence-corrected chi connectivity index (χ3v) is 2.23. The molecule has 1 amide bonds. The van der Waals surface area contributed by atoms with Crippen LogP contribution in [0.25, 0.3) is 0 Å². The first-order valence-corrected chi connectivity index (χ1v) is 4.42. The van der Waals surface area contributed by atoms with Crippen molar-refractivity contribution in [3.63, 3.8) is 0 Å². The van der Waals surface area contributed by atoms with Crippen LogP contribution in [0.15, 0.2) is 0 Å². The van der Waals surface area contributed by atoms with Crippen LogP contribution in [-0.2, 0) is 0 Å². The second-order valence-electron chi connectivity index (χ2n) is 3.17. The number of carbonyl (C=O) groups is 1. The van der Waals surface area contributed by atoms with Crippen molar-refractivity contribution in [2.45, 2.75) is 12.5 Å². The van der Waals surface area contributed by atoms with Gasteiger partial charge < -0.3 is 16.8 Å². The maximum absolute atomic E-state index is 10.8. The molecule has 5 N–H and O–H groups in total. The summed E-state index contributed by atoms with van der Waals surface area (Å²) in [6, 6.07) is 0.104. The van der Waals surface area contributed by atoms with Gasteiger partial charge in [-0.15, -0.1) is 5.10 Å². The Labute approximate surface area is 80.5 Å². The molecule has 2 rings (SSSR count). The number of hydrogen-bond acceptors (Lipinski definition) is 5. The molecule has 0 saturated heterocycles. The molecule has 0 fully saturated rings. The Morgan fingerprint density at radius 1 is 1.71 bits per heavy atom. The highest BCUT2D eigenvalue weighted by molar-refractivity contribution is 5.89. The predicted molar refractivity (Wildman–Crippen MR) is 49.7 cm³/mol. The van der Waals surface area contributed by atoms with E-state index in [0.717, 1.165) is 13.0 Å². The molecule has 1 unspecified atom stereocenters. The number of nitrogens with zero attached hydrogens (tertiary/aromatic N) is 3. The van der Waals surface area contributed by atoms with Crippen LogP contribution in [0, 0.1) is 0 Å². The fraction of sp³-hybridized carbons (Fsp3) is 0.571. The van der Waals surface area contributed by atoms with Crippen LogP contribution in [0.2, 0.25) is 0 Å². The molecule has 14 heavy (non-hydrogen) atoms. The second kappa shape index (κ2) is 3.26. The van der Waals surface area contributed by atoms with Gasteiger partial charge in [-0.2, -0.15) is 4.98 Å². The molecule has 0 spiro atoms. The Kier molecular flexibility index (Phi) is 2.08. The van der Waals surface area contributed by atoms with E-state index in [9.17, 15) is 4.79 Å². The zero-order valence-electron chi connectivity index (χ0n) is 7.60. The van der Waals surface area contributed by atoms with Crippen molar-refractivity contribution < 1.29 is 4.79 Å². The highest BCUT2D eigenvalue weighted by Gasteiger charge is 2.23. The normalized spacial score (nSPS) is 19.9. The van der Waals surface area contributed by atoms with E-state index in [1.807, 2.05) is 0 Å². The summed E-state index contributed by atoms with van der Waals surface area (Å²) in [5, 5.41) is 7.02. The third kappa shape index (κ3) is 1.31. The molecule has 7 heteroatoms. The van der Waals surface area contributed by atoms with Gasteiger partial charge in [-0.1, -0.05) is 0 Å². The zero-order valence-corrected chi connectivity index (χ0v) is 7.60. The van der Waals surface area contributed by atoms with Crippen LogP contribution in [0.5, 0.6) is 0 Å². The fourth-order valence-electron chi connectivity index (χ4n) is 1.49. The minimum absolute atomic E-state index is 0.0350. The van der Waals surface area contributed by atoms with E-state index in [4.69, 9.17) is 11.5 Å². The maximum Gasteiger partial charge on any atom is 0.288 e. The molecule has 1 aromatic rings. The van der Waals surface area contributed by atoms with Crippen molar-refractivity contribution in [2.75, 3.05) is 18.4 Å². The van der Waals surface area contributed by atoms with E-state index in [2.05, 4.69) is 15.4 Å². The van der Waals surface area contributed by atoms with Crippen molar-refractivity contribution in [1.29, 1.82) is 0 Å². The molecule has 1 aliphatic rings. The molecule has 0 aromatic carbocycles. The second-order valence-corrected chi connectivity index (χ2v) is 3.17. The predicted octanol–water partition coefficient (Wildman–Crippen LogP) is -1.31. The van der Waals surface area contributed by atoms with Crippen molar-refractivity contribution in [2.24, 2.45) is 11.5 Å². The fourth-order valence-corrected chi connectivity index (χ4v) is 1.49. The third-order valence-electron chi connectivity index (χ3n) is 2.23. The first-order valence-electron chi connectivity index (χ1n) is 4.42. The summed E-state index contributed by atoms with van der Waals surface area (Å²) in [6.45, 7) is 1.27. The number of anilines is 1. The van der Waals surface area contributed by atoms with E-state index < -0.39 is 5.91 Å². The Balaban J connectivity index is 2.38. The lowest BCUT2D eigenvalue weighted by Crippen LogP contribution is -2.29. The topological polar surface area (TPSA) is 112 Å². The SMILES string of the molecule is NCC1CCNc2nc(C(N)=O)nn21. The van der Waals surface area contributed by atoms with Crippen LogP contribution in [0.4, 0.5) is 5.95 Å². The molecule has 1 aromatic heterocycles. The lowest BCUT2D eigenvalue weighted by Gasteiger charge is -2.22. The lowest BCUT2D eigenvalue weighted by atomic mass is 10.2. The van der Waals surface area contributed by atoms with Gasteiger partial charge in [-0.3, -0.25) is 4.79 Å². The van der Waals surface area contributed by atoms with Crippen molar-refractivity contribution >= 4 is 11.9 Å². The van der Waals surface area contributed by atoms with Gasteiger partial charge in [-0.05, 0) is 6.42 Å². The highest BCUT2D eigenvalue weighted by atomic mass is 16.1. The molecular weight excluding hydrogens is 184 g/mol. The molecule has 0 radical (unpaired) electrons. The summed E-state index contributed by atoms with van der Waals surface area (Å²) >= 11 is 0. The number of hydrogen-bond donors (Lipinski definition) is 3. The Bertz CT molecular complexity index is 359. The van der Waals surface area contributed by atoms with Gasteiger partial charge in [-0.25, -0.2) is 4.68 Å². The molecule has 7 nitrogen and oxygen atoms in total. The standard InChI is InChI=1S/C7H12N6O/c8-3-4-1-2-10-7-11-6(5(9)14)12-13(4)7/h4H,1-3,8H2,(H2,9,14)(H,10,11,12). The van der Waals surface area contributed by atoms with Crippen molar-refractivity contribution in [1.82, 2.24) is 14.8 Å². The first-order chi connectivity index (χ1) is 6.72. The minimum atomic E-state index is -0.621. The molecule has 76 valence electrons. The van der Waals surface area contributed by atoms with Gasteiger partial charge in [0.2, 0.25) is 11.8 Å². The van der Waals surface area contributed by atoms with Crippen LogP contribution in [0.1, 0.15) is 23.1 Å². The van der Waals surface area contributed by atoms with Crippen LogP contribution >= 0.6 is 0 Å². The lowest BCUT2D eigenvalue weighted by molar-refractivity contribution is 0.0990. The summed E-state index contributed by atoms with van der Waals surface area (Å²) < 4.78 is 1.63. The first kappa shape index (κ1) is 8.95. The number of amides is 1. The Morgan fingerprint density at radius 3 is 3.14 bits per heavy atom. The van der Waals surface area contributed by atoms with Crippen LogP contribution < -0.4 is 16.8 Å². The smallest absolute Gasteiger partial charge is 0.288 e. The number of aromatic nitrogens is 3. The number of nitrogens with two attached hydrogens (primary N) is 2. The van der Waals surface area contributed by atoms with Crippen LogP contribution in [-0.4, -0.2) is 33.8 Å². The minimum Gasteiger partial charge on any atom is -0.363 e. The summed E-state index contributed by atoms with van der Waals surface area (Å²) in [7, 11) is 0. The molecule has 2 heterocycles. The van der Waals surface area contributed by atoms with Gasteiger partial charge >= 0.3 is 0 Å². The monoisotopic (exact) mass is 196 g/mol. The average molecular weight is 196 g/mol. The van der Waals surface area contributed by atoms with E-state index in [-0.39, 0.29) is 11.9 Å². The van der Waals surface area contributed by atoms with Gasteiger partial charge in [0.25, 0.3) is 5.91 Å². The van der Waals surface area contributed by atoms with E-state index in [1.165, 1.54) is 0 Å². The zero-order chi connectivity index (χ0) is 10.1. The molecule has 1 aliphatic heterocycles. The quantitative estimate of drug-likeness (QED) is 0.543. The number of fused-ring (bicyclic) bond motifs is 1. The van der Waals surface area contributed by atoms with Gasteiger partial charge in [0.05, 0.1) is 6.04 Å². The van der Waals surface area contributed by atoms with Gasteiger partial charge in [0, 0.05) is 13.1 Å². The Morgan fingerprint density at radius 2 is 2.50 bits per heavy atom.